The smallest absolute Gasteiger partial charge is 0.290 e. The Morgan fingerprint density at radius 1 is 1.43 bits per heavy atom. The number of nitrogens with zero attached hydrogens (tertiary/aromatic N) is 2. The van der Waals surface area contributed by atoms with Crippen molar-refractivity contribution in [2.24, 2.45) is 7.05 Å². The van der Waals surface area contributed by atoms with Gasteiger partial charge >= 0.3 is 0 Å². The first-order valence-corrected chi connectivity index (χ1v) is 4.66. The van der Waals surface area contributed by atoms with Gasteiger partial charge in [-0.15, -0.1) is 0 Å². The molecule has 1 saturated carbocycles. The van der Waals surface area contributed by atoms with Crippen LogP contribution in [0.5, 0.6) is 0 Å². The molecule has 1 fully saturated rings. The van der Waals surface area contributed by atoms with Crippen molar-refractivity contribution in [3.63, 3.8) is 0 Å². The molecular formula is C10H19N3O. The zero-order chi connectivity index (χ0) is 9.59. The SMILES string of the molecule is C.Cc1c(N)c(=O)n(C2CCC2)n1C. The van der Waals surface area contributed by atoms with Crippen molar-refractivity contribution < 1.29 is 0 Å². The van der Waals surface area contributed by atoms with Crippen LogP contribution in [0.25, 0.3) is 0 Å². The highest BCUT2D eigenvalue weighted by molar-refractivity contribution is 5.40. The van der Waals surface area contributed by atoms with E-state index in [0.717, 1.165) is 18.5 Å². The molecule has 1 aromatic heterocycles. The number of anilines is 1. The van der Waals surface area contributed by atoms with E-state index in [1.807, 2.05) is 18.7 Å². The van der Waals surface area contributed by atoms with Gasteiger partial charge in [-0.3, -0.25) is 9.48 Å². The Morgan fingerprint density at radius 3 is 2.29 bits per heavy atom. The topological polar surface area (TPSA) is 53.0 Å². The van der Waals surface area contributed by atoms with Crippen LogP contribution >= 0.6 is 0 Å². The summed E-state index contributed by atoms with van der Waals surface area (Å²) in [7, 11) is 1.89. The van der Waals surface area contributed by atoms with Gasteiger partial charge in [0.15, 0.2) is 0 Å². The average molecular weight is 197 g/mol. The molecule has 1 aliphatic carbocycles. The average Bonchev–Trinajstić information content (AvgIpc) is 2.19. The highest BCUT2D eigenvalue weighted by Gasteiger charge is 2.24. The van der Waals surface area contributed by atoms with Gasteiger partial charge in [0.1, 0.15) is 5.69 Å². The molecule has 1 aromatic rings. The lowest BCUT2D eigenvalue weighted by atomic mass is 9.93. The zero-order valence-electron chi connectivity index (χ0n) is 8.08. The first-order valence-electron chi connectivity index (χ1n) is 4.66. The van der Waals surface area contributed by atoms with E-state index in [9.17, 15) is 4.79 Å². The summed E-state index contributed by atoms with van der Waals surface area (Å²) >= 11 is 0. The van der Waals surface area contributed by atoms with Gasteiger partial charge in [-0.05, 0) is 26.2 Å². The maximum Gasteiger partial charge on any atom is 0.290 e. The number of aromatic nitrogens is 2. The van der Waals surface area contributed by atoms with Gasteiger partial charge in [-0.1, -0.05) is 7.43 Å². The summed E-state index contributed by atoms with van der Waals surface area (Å²) in [6.07, 6.45) is 3.44. The van der Waals surface area contributed by atoms with E-state index in [2.05, 4.69) is 0 Å². The monoisotopic (exact) mass is 197 g/mol. The largest absolute Gasteiger partial charge is 0.393 e. The normalized spacial score (nSPS) is 16.1. The van der Waals surface area contributed by atoms with Crippen LogP contribution in [0.15, 0.2) is 4.79 Å². The third-order valence-electron chi connectivity index (χ3n) is 3.06. The Kier molecular flexibility index (Phi) is 2.73. The molecule has 80 valence electrons. The molecule has 0 radical (unpaired) electrons. The van der Waals surface area contributed by atoms with E-state index < -0.39 is 0 Å². The molecule has 0 aromatic carbocycles. The first kappa shape index (κ1) is 10.9. The summed E-state index contributed by atoms with van der Waals surface area (Å²) in [5, 5.41) is 0. The van der Waals surface area contributed by atoms with Gasteiger partial charge < -0.3 is 5.73 Å². The summed E-state index contributed by atoms with van der Waals surface area (Å²) in [4.78, 5) is 11.7. The first-order chi connectivity index (χ1) is 6.13. The van der Waals surface area contributed by atoms with Crippen molar-refractivity contribution in [3.8, 4) is 0 Å². The zero-order valence-corrected chi connectivity index (χ0v) is 8.08. The van der Waals surface area contributed by atoms with E-state index in [-0.39, 0.29) is 13.0 Å². The van der Waals surface area contributed by atoms with Crippen molar-refractivity contribution in [2.75, 3.05) is 5.73 Å². The van der Waals surface area contributed by atoms with E-state index in [1.54, 1.807) is 4.68 Å². The molecule has 0 atom stereocenters. The number of nitrogen functional groups attached to an aromatic ring is 1. The Hall–Kier alpha value is -1.19. The van der Waals surface area contributed by atoms with E-state index >= 15 is 0 Å². The molecule has 2 N–H and O–H groups in total. The minimum atomic E-state index is -0.0234. The minimum Gasteiger partial charge on any atom is -0.393 e. The van der Waals surface area contributed by atoms with Crippen molar-refractivity contribution in [2.45, 2.75) is 39.7 Å². The Balaban J connectivity index is 0.000000980. The molecule has 0 spiro atoms. The summed E-state index contributed by atoms with van der Waals surface area (Å²) in [6, 6.07) is 0.383. The second-order valence-corrected chi connectivity index (χ2v) is 3.76. The molecule has 0 aliphatic heterocycles. The van der Waals surface area contributed by atoms with Gasteiger partial charge in [0.05, 0.1) is 11.7 Å². The third kappa shape index (κ3) is 1.25. The number of hydrogen-bond donors (Lipinski definition) is 1. The molecule has 4 heteroatoms. The molecule has 4 nitrogen and oxygen atoms in total. The third-order valence-corrected chi connectivity index (χ3v) is 3.06. The van der Waals surface area contributed by atoms with Gasteiger partial charge in [-0.2, -0.15) is 0 Å². The fourth-order valence-electron chi connectivity index (χ4n) is 1.79. The molecule has 0 unspecified atom stereocenters. The second-order valence-electron chi connectivity index (χ2n) is 3.76. The molecule has 2 rings (SSSR count). The van der Waals surface area contributed by atoms with Gasteiger partial charge in [-0.25, -0.2) is 4.68 Å². The van der Waals surface area contributed by atoms with Crippen molar-refractivity contribution >= 4 is 5.69 Å². The maximum atomic E-state index is 11.7. The second kappa shape index (κ2) is 3.52. The van der Waals surface area contributed by atoms with Crippen LogP contribution in [0.4, 0.5) is 5.69 Å². The summed E-state index contributed by atoms with van der Waals surface area (Å²) in [5.74, 6) is 0. The van der Waals surface area contributed by atoms with Crippen LogP contribution in [0.1, 0.15) is 38.4 Å². The molecular weight excluding hydrogens is 178 g/mol. The Morgan fingerprint density at radius 2 is 2.00 bits per heavy atom. The van der Waals surface area contributed by atoms with Crippen LogP contribution in [0.2, 0.25) is 0 Å². The molecule has 14 heavy (non-hydrogen) atoms. The fraction of sp³-hybridized carbons (Fsp3) is 0.700. The van der Waals surface area contributed by atoms with Crippen LogP contribution in [0, 0.1) is 6.92 Å². The minimum absolute atomic E-state index is 0. The summed E-state index contributed by atoms with van der Waals surface area (Å²) in [6.45, 7) is 1.88. The number of nitrogens with two attached hydrogens (primary N) is 1. The lowest BCUT2D eigenvalue weighted by Crippen LogP contribution is -2.31. The van der Waals surface area contributed by atoms with E-state index in [0.29, 0.717) is 11.7 Å². The van der Waals surface area contributed by atoms with Crippen molar-refractivity contribution in [1.29, 1.82) is 0 Å². The highest BCUT2D eigenvalue weighted by atomic mass is 16.1. The van der Waals surface area contributed by atoms with E-state index in [1.165, 1.54) is 6.42 Å². The molecule has 1 heterocycles. The van der Waals surface area contributed by atoms with Crippen molar-refractivity contribution in [1.82, 2.24) is 9.36 Å². The predicted molar refractivity (Wildman–Crippen MR) is 58.4 cm³/mol. The van der Waals surface area contributed by atoms with Crippen LogP contribution in [-0.4, -0.2) is 9.36 Å². The molecule has 0 amide bonds. The van der Waals surface area contributed by atoms with Crippen LogP contribution in [-0.2, 0) is 7.05 Å². The predicted octanol–water partition coefficient (Wildman–Crippen LogP) is 1.44. The quantitative estimate of drug-likeness (QED) is 0.740. The fourth-order valence-corrected chi connectivity index (χ4v) is 1.79. The van der Waals surface area contributed by atoms with Crippen LogP contribution in [0.3, 0.4) is 0 Å². The summed E-state index contributed by atoms with van der Waals surface area (Å²) < 4.78 is 3.66. The lowest BCUT2D eigenvalue weighted by Gasteiger charge is -2.27. The van der Waals surface area contributed by atoms with Gasteiger partial charge in [0.25, 0.3) is 5.56 Å². The maximum absolute atomic E-state index is 11.7. The number of hydrogen-bond acceptors (Lipinski definition) is 2. The number of rotatable bonds is 1. The van der Waals surface area contributed by atoms with Crippen LogP contribution < -0.4 is 11.3 Å². The highest BCUT2D eigenvalue weighted by Crippen LogP contribution is 2.30. The van der Waals surface area contributed by atoms with Crippen molar-refractivity contribution in [3.05, 3.63) is 16.0 Å². The Labute approximate surface area is 84.3 Å². The van der Waals surface area contributed by atoms with Gasteiger partial charge in [0.2, 0.25) is 0 Å². The van der Waals surface area contributed by atoms with E-state index in [4.69, 9.17) is 5.73 Å². The molecule has 1 aliphatic rings. The lowest BCUT2D eigenvalue weighted by molar-refractivity contribution is 0.255. The molecule has 0 bridgehead atoms. The van der Waals surface area contributed by atoms with Gasteiger partial charge in [0, 0.05) is 7.05 Å². The Bertz CT molecular complexity index is 385. The molecule has 0 saturated heterocycles. The standard InChI is InChI=1S/C9H15N3O.CH4/c1-6-8(10)9(13)12(11(6)2)7-4-3-5-7;/h7H,3-5,10H2,1-2H3;1H4. The summed E-state index contributed by atoms with van der Waals surface area (Å²) in [5.41, 5.74) is 6.91.